The number of hydrogen-bond acceptors (Lipinski definition) is 3. The van der Waals surface area contributed by atoms with Gasteiger partial charge in [0, 0.05) is 4.88 Å². The highest BCUT2D eigenvalue weighted by Gasteiger charge is 2.06. The van der Waals surface area contributed by atoms with E-state index in [0.29, 0.717) is 11.2 Å². The Morgan fingerprint density at radius 1 is 1.58 bits per heavy atom. The quantitative estimate of drug-likeness (QED) is 0.406. The van der Waals surface area contributed by atoms with Crippen LogP contribution in [0.1, 0.15) is 27.9 Å². The molecule has 12 heavy (non-hydrogen) atoms. The van der Waals surface area contributed by atoms with E-state index in [1.165, 1.54) is 16.2 Å². The van der Waals surface area contributed by atoms with Crippen molar-refractivity contribution in [1.82, 2.24) is 0 Å². The summed E-state index contributed by atoms with van der Waals surface area (Å²) in [7, 11) is 0. The van der Waals surface area contributed by atoms with Gasteiger partial charge in [-0.25, -0.2) is 0 Å². The summed E-state index contributed by atoms with van der Waals surface area (Å²) in [6, 6.07) is 3.62. The van der Waals surface area contributed by atoms with Crippen molar-refractivity contribution < 1.29 is 9.59 Å². The lowest BCUT2D eigenvalue weighted by molar-refractivity contribution is -0.104. The number of rotatable bonds is 4. The average molecular weight is 182 g/mol. The monoisotopic (exact) mass is 182 g/mol. The number of ketones is 1. The van der Waals surface area contributed by atoms with E-state index in [9.17, 15) is 9.59 Å². The lowest BCUT2D eigenvalue weighted by Crippen LogP contribution is -1.94. The van der Waals surface area contributed by atoms with E-state index in [1.807, 2.05) is 6.07 Å². The molecule has 0 saturated carbocycles. The van der Waals surface area contributed by atoms with Gasteiger partial charge >= 0.3 is 0 Å². The number of Topliss-reactive ketones (excluding diaryl/α,β-unsaturated/α-hetero) is 1. The summed E-state index contributed by atoms with van der Waals surface area (Å²) >= 11 is 1.41. The smallest absolute Gasteiger partial charge is 0.235 e. The van der Waals surface area contributed by atoms with Gasteiger partial charge in [0.15, 0.2) is 6.29 Å². The molecule has 0 radical (unpaired) electrons. The molecule has 0 N–H and O–H groups in total. The first-order valence-electron chi connectivity index (χ1n) is 3.86. The highest BCUT2D eigenvalue weighted by Crippen LogP contribution is 2.17. The summed E-state index contributed by atoms with van der Waals surface area (Å²) in [5.74, 6) is -0.414. The molecule has 0 aromatic carbocycles. The summed E-state index contributed by atoms with van der Waals surface area (Å²) in [5.41, 5.74) is 0. The Morgan fingerprint density at radius 2 is 2.33 bits per heavy atom. The summed E-state index contributed by atoms with van der Waals surface area (Å²) < 4.78 is 0. The zero-order chi connectivity index (χ0) is 8.97. The van der Waals surface area contributed by atoms with Crippen molar-refractivity contribution in [2.45, 2.75) is 19.8 Å². The first kappa shape index (κ1) is 9.13. The zero-order valence-corrected chi connectivity index (χ0v) is 7.69. The fourth-order valence-electron chi connectivity index (χ4n) is 0.949. The molecule has 0 spiro atoms. The number of carbonyl (C=O) groups excluding carboxylic acids is 2. The van der Waals surface area contributed by atoms with Crippen molar-refractivity contribution in [3.8, 4) is 0 Å². The van der Waals surface area contributed by atoms with Gasteiger partial charge in [0.25, 0.3) is 0 Å². The number of aryl methyl sites for hydroxylation is 1. The first-order chi connectivity index (χ1) is 5.77. The topological polar surface area (TPSA) is 34.1 Å². The largest absolute Gasteiger partial charge is 0.294 e. The van der Waals surface area contributed by atoms with Crippen LogP contribution in [0.2, 0.25) is 0 Å². The lowest BCUT2D eigenvalue weighted by Gasteiger charge is -1.87. The van der Waals surface area contributed by atoms with Crippen LogP contribution in [0.25, 0.3) is 0 Å². The highest BCUT2D eigenvalue weighted by atomic mass is 32.1. The van der Waals surface area contributed by atoms with Gasteiger partial charge in [0.1, 0.15) is 0 Å². The zero-order valence-electron chi connectivity index (χ0n) is 6.87. The van der Waals surface area contributed by atoms with Crippen LogP contribution >= 0.6 is 11.3 Å². The van der Waals surface area contributed by atoms with Crippen LogP contribution < -0.4 is 0 Å². The standard InChI is InChI=1S/C9H10O2S/c1-2-3-7-4-5-9(12-7)8(11)6-10/h4-6H,2-3H2,1H3. The molecule has 0 fully saturated rings. The molecule has 1 rings (SSSR count). The number of hydrogen-bond donors (Lipinski definition) is 0. The minimum atomic E-state index is -0.414. The van der Waals surface area contributed by atoms with Gasteiger partial charge in [-0.3, -0.25) is 9.59 Å². The second kappa shape index (κ2) is 4.16. The SMILES string of the molecule is CCCc1ccc(C(=O)C=O)s1. The Kier molecular flexibility index (Phi) is 3.17. The molecule has 0 aliphatic carbocycles. The van der Waals surface area contributed by atoms with Crippen LogP contribution in [0, 0.1) is 0 Å². The normalized spacial score (nSPS) is 9.75. The van der Waals surface area contributed by atoms with Crippen LogP contribution in [-0.4, -0.2) is 12.1 Å². The molecule has 64 valence electrons. The number of carbonyl (C=O) groups is 2. The molecule has 0 bridgehead atoms. The molecular formula is C9H10O2S. The number of aldehydes is 1. The third-order valence-corrected chi connectivity index (χ3v) is 2.67. The Labute approximate surface area is 75.2 Å². The molecule has 1 aromatic heterocycles. The molecule has 0 unspecified atom stereocenters. The van der Waals surface area contributed by atoms with Crippen molar-refractivity contribution in [1.29, 1.82) is 0 Å². The second-order valence-corrected chi connectivity index (χ2v) is 3.67. The van der Waals surface area contributed by atoms with Crippen LogP contribution in [0.15, 0.2) is 12.1 Å². The Balaban J connectivity index is 2.76. The molecule has 0 saturated heterocycles. The van der Waals surface area contributed by atoms with Crippen molar-refractivity contribution in [3.63, 3.8) is 0 Å². The van der Waals surface area contributed by atoms with Crippen molar-refractivity contribution in [2.24, 2.45) is 0 Å². The summed E-state index contributed by atoms with van der Waals surface area (Å²) in [4.78, 5) is 22.7. The predicted molar refractivity (Wildman–Crippen MR) is 48.7 cm³/mol. The molecular weight excluding hydrogens is 172 g/mol. The maximum absolute atomic E-state index is 10.9. The third kappa shape index (κ3) is 2.01. The molecule has 1 aromatic rings. The molecule has 3 heteroatoms. The van der Waals surface area contributed by atoms with E-state index in [1.54, 1.807) is 6.07 Å². The van der Waals surface area contributed by atoms with Gasteiger partial charge < -0.3 is 0 Å². The maximum atomic E-state index is 10.9. The highest BCUT2D eigenvalue weighted by molar-refractivity contribution is 7.14. The first-order valence-corrected chi connectivity index (χ1v) is 4.67. The third-order valence-electron chi connectivity index (χ3n) is 1.51. The van der Waals surface area contributed by atoms with Gasteiger partial charge in [-0.2, -0.15) is 0 Å². The van der Waals surface area contributed by atoms with E-state index >= 15 is 0 Å². The minimum absolute atomic E-state index is 0.363. The van der Waals surface area contributed by atoms with E-state index in [2.05, 4.69) is 6.92 Å². The fraction of sp³-hybridized carbons (Fsp3) is 0.333. The fourth-order valence-corrected chi connectivity index (χ4v) is 1.96. The molecule has 0 aliphatic heterocycles. The molecule has 2 nitrogen and oxygen atoms in total. The predicted octanol–water partition coefficient (Wildman–Crippen LogP) is 2.08. The van der Waals surface area contributed by atoms with Crippen LogP contribution in [0.5, 0.6) is 0 Å². The Morgan fingerprint density at radius 3 is 2.92 bits per heavy atom. The maximum Gasteiger partial charge on any atom is 0.235 e. The van der Waals surface area contributed by atoms with Gasteiger partial charge in [-0.05, 0) is 18.6 Å². The molecule has 0 aliphatic rings. The average Bonchev–Trinajstić information content (AvgIpc) is 2.52. The molecule has 0 amide bonds. The second-order valence-electron chi connectivity index (χ2n) is 2.50. The van der Waals surface area contributed by atoms with Crippen LogP contribution in [-0.2, 0) is 11.2 Å². The van der Waals surface area contributed by atoms with Crippen molar-refractivity contribution in [3.05, 3.63) is 21.9 Å². The summed E-state index contributed by atoms with van der Waals surface area (Å²) in [6.07, 6.45) is 2.41. The van der Waals surface area contributed by atoms with E-state index in [-0.39, 0.29) is 0 Å². The Bertz CT molecular complexity index is 288. The van der Waals surface area contributed by atoms with Gasteiger partial charge in [-0.1, -0.05) is 13.3 Å². The summed E-state index contributed by atoms with van der Waals surface area (Å²) in [6.45, 7) is 2.08. The van der Waals surface area contributed by atoms with E-state index < -0.39 is 5.78 Å². The molecule has 0 atom stereocenters. The van der Waals surface area contributed by atoms with Gasteiger partial charge in [0.05, 0.1) is 4.88 Å². The Hall–Kier alpha value is -0.960. The van der Waals surface area contributed by atoms with Gasteiger partial charge in [-0.15, -0.1) is 11.3 Å². The minimum Gasteiger partial charge on any atom is -0.294 e. The van der Waals surface area contributed by atoms with Crippen molar-refractivity contribution >= 4 is 23.4 Å². The van der Waals surface area contributed by atoms with Crippen molar-refractivity contribution in [2.75, 3.05) is 0 Å². The van der Waals surface area contributed by atoms with E-state index in [4.69, 9.17) is 0 Å². The van der Waals surface area contributed by atoms with Crippen LogP contribution in [0.3, 0.4) is 0 Å². The van der Waals surface area contributed by atoms with Crippen LogP contribution in [0.4, 0.5) is 0 Å². The van der Waals surface area contributed by atoms with Gasteiger partial charge in [0.2, 0.25) is 5.78 Å². The number of thiophene rings is 1. The molecule has 1 heterocycles. The summed E-state index contributed by atoms with van der Waals surface area (Å²) in [5, 5.41) is 0. The van der Waals surface area contributed by atoms with E-state index in [0.717, 1.165) is 12.8 Å². The lowest BCUT2D eigenvalue weighted by atomic mass is 10.3.